The van der Waals surface area contributed by atoms with Crippen molar-refractivity contribution in [2.45, 2.75) is 19.3 Å². The van der Waals surface area contributed by atoms with E-state index in [-0.39, 0.29) is 5.41 Å². The third-order valence-electron chi connectivity index (χ3n) is 10.4. The van der Waals surface area contributed by atoms with Crippen LogP contribution in [0.5, 0.6) is 0 Å². The first-order valence-corrected chi connectivity index (χ1v) is 17.2. The second kappa shape index (κ2) is 9.78. The molecular formula is C45H31NS. The number of rotatable bonds is 3. The summed E-state index contributed by atoms with van der Waals surface area (Å²) in [4.78, 5) is 2.45. The molecule has 1 aliphatic rings. The maximum absolute atomic E-state index is 2.45. The van der Waals surface area contributed by atoms with Crippen LogP contribution in [0.4, 0.5) is 17.1 Å². The number of nitrogens with zero attached hydrogens (tertiary/aromatic N) is 1. The Labute approximate surface area is 278 Å². The molecule has 1 aliphatic carbocycles. The van der Waals surface area contributed by atoms with Crippen LogP contribution in [-0.2, 0) is 5.41 Å². The van der Waals surface area contributed by atoms with Crippen molar-refractivity contribution >= 4 is 80.9 Å². The van der Waals surface area contributed by atoms with Gasteiger partial charge in [0.25, 0.3) is 0 Å². The third kappa shape index (κ3) is 3.89. The highest BCUT2D eigenvalue weighted by Gasteiger charge is 2.35. The predicted molar refractivity (Wildman–Crippen MR) is 204 cm³/mol. The highest BCUT2D eigenvalue weighted by molar-refractivity contribution is 7.26. The van der Waals surface area contributed by atoms with Gasteiger partial charge in [0.2, 0.25) is 0 Å². The molecule has 0 N–H and O–H groups in total. The topological polar surface area (TPSA) is 3.24 Å². The Hall–Kier alpha value is -5.44. The van der Waals surface area contributed by atoms with Gasteiger partial charge >= 0.3 is 0 Å². The molecule has 1 heterocycles. The van der Waals surface area contributed by atoms with Crippen LogP contribution in [0.3, 0.4) is 0 Å². The van der Waals surface area contributed by atoms with Crippen molar-refractivity contribution in [1.29, 1.82) is 0 Å². The Kier molecular flexibility index (Phi) is 5.57. The lowest BCUT2D eigenvalue weighted by Gasteiger charge is -2.28. The summed E-state index contributed by atoms with van der Waals surface area (Å²) in [6, 6.07) is 56.5. The van der Waals surface area contributed by atoms with E-state index in [0.717, 1.165) is 17.1 Å². The molecule has 8 aromatic carbocycles. The van der Waals surface area contributed by atoms with E-state index in [1.54, 1.807) is 0 Å². The van der Waals surface area contributed by atoms with Crippen molar-refractivity contribution < 1.29 is 0 Å². The Balaban J connectivity index is 1.25. The number of hydrogen-bond acceptors (Lipinski definition) is 2. The zero-order chi connectivity index (χ0) is 31.3. The maximum Gasteiger partial charge on any atom is 0.0468 e. The molecule has 0 spiro atoms. The Morgan fingerprint density at radius 1 is 0.447 bits per heavy atom. The van der Waals surface area contributed by atoms with E-state index >= 15 is 0 Å². The zero-order valence-corrected chi connectivity index (χ0v) is 27.1. The number of thiophene rings is 1. The van der Waals surface area contributed by atoms with E-state index < -0.39 is 0 Å². The van der Waals surface area contributed by atoms with Gasteiger partial charge in [0, 0.05) is 48.0 Å². The van der Waals surface area contributed by atoms with Gasteiger partial charge < -0.3 is 4.90 Å². The molecule has 0 atom stereocenters. The molecule has 47 heavy (non-hydrogen) atoms. The first-order valence-electron chi connectivity index (χ1n) is 16.3. The van der Waals surface area contributed by atoms with Gasteiger partial charge in [-0.25, -0.2) is 0 Å². The standard InChI is InChI=1S/C45H31NS/c1-45(2)40-13-7-5-11-35(40)39-27-34(22-24-41(39)45)46(32-20-17-28-9-3-4-10-31(28)25-32)33-21-18-29-15-16-30-19-23-37-36-12-6-8-14-42(36)47-44(37)43(30)38(29)26-33/h3-27H,1-2H3. The van der Waals surface area contributed by atoms with E-state index in [4.69, 9.17) is 0 Å². The average Bonchev–Trinajstić information content (AvgIpc) is 3.60. The lowest BCUT2D eigenvalue weighted by molar-refractivity contribution is 0.660. The van der Waals surface area contributed by atoms with Gasteiger partial charge in [0.15, 0.2) is 0 Å². The highest BCUT2D eigenvalue weighted by Crippen LogP contribution is 2.51. The molecule has 0 fully saturated rings. The molecule has 0 bridgehead atoms. The van der Waals surface area contributed by atoms with Crippen LogP contribution in [-0.4, -0.2) is 0 Å². The van der Waals surface area contributed by atoms with Gasteiger partial charge in [-0.15, -0.1) is 11.3 Å². The molecule has 1 nitrogen and oxygen atoms in total. The van der Waals surface area contributed by atoms with E-state index in [1.165, 1.54) is 74.7 Å². The summed E-state index contributed by atoms with van der Waals surface area (Å²) in [5, 5.41) is 10.3. The maximum atomic E-state index is 2.45. The number of hydrogen-bond donors (Lipinski definition) is 0. The summed E-state index contributed by atoms with van der Waals surface area (Å²) in [6.07, 6.45) is 0. The van der Waals surface area contributed by atoms with Crippen LogP contribution in [0, 0.1) is 0 Å². The van der Waals surface area contributed by atoms with Crippen LogP contribution in [0.2, 0.25) is 0 Å². The van der Waals surface area contributed by atoms with Crippen molar-refractivity contribution in [3.8, 4) is 11.1 Å². The number of benzene rings is 8. The highest BCUT2D eigenvalue weighted by atomic mass is 32.1. The van der Waals surface area contributed by atoms with Crippen molar-refractivity contribution in [2.75, 3.05) is 4.90 Å². The van der Waals surface area contributed by atoms with Gasteiger partial charge in [0.05, 0.1) is 0 Å². The predicted octanol–water partition coefficient (Wildman–Crippen LogP) is 13.3. The third-order valence-corrected chi connectivity index (χ3v) is 11.6. The second-order valence-corrected chi connectivity index (χ2v) is 14.4. The van der Waals surface area contributed by atoms with Gasteiger partial charge in [-0.3, -0.25) is 0 Å². The quantitative estimate of drug-likeness (QED) is 0.178. The summed E-state index contributed by atoms with van der Waals surface area (Å²) in [6.45, 7) is 4.70. The first-order chi connectivity index (χ1) is 23.0. The SMILES string of the molecule is CC1(C)c2ccccc2-c2cc(N(c3ccc4ccccc4c3)c3ccc4ccc5ccc6c7ccccc7sc6c5c4c3)ccc21. The lowest BCUT2D eigenvalue weighted by atomic mass is 9.82. The summed E-state index contributed by atoms with van der Waals surface area (Å²) >= 11 is 1.91. The fourth-order valence-electron chi connectivity index (χ4n) is 8.06. The largest absolute Gasteiger partial charge is 0.310 e. The molecular weight excluding hydrogens is 587 g/mol. The van der Waals surface area contributed by atoms with E-state index in [2.05, 4.69) is 170 Å². The van der Waals surface area contributed by atoms with E-state index in [1.807, 2.05) is 11.3 Å². The first kappa shape index (κ1) is 26.7. The molecule has 222 valence electrons. The Morgan fingerprint density at radius 3 is 2.00 bits per heavy atom. The van der Waals surface area contributed by atoms with Crippen LogP contribution < -0.4 is 4.90 Å². The molecule has 0 saturated heterocycles. The molecule has 1 aromatic heterocycles. The monoisotopic (exact) mass is 617 g/mol. The minimum Gasteiger partial charge on any atom is -0.310 e. The smallest absolute Gasteiger partial charge is 0.0468 e. The molecule has 2 heteroatoms. The molecule has 0 saturated carbocycles. The van der Waals surface area contributed by atoms with Crippen LogP contribution in [0.15, 0.2) is 152 Å². The van der Waals surface area contributed by atoms with Crippen molar-refractivity contribution in [3.63, 3.8) is 0 Å². The van der Waals surface area contributed by atoms with Crippen molar-refractivity contribution in [2.24, 2.45) is 0 Å². The summed E-state index contributed by atoms with van der Waals surface area (Å²) in [5.41, 5.74) is 8.89. The van der Waals surface area contributed by atoms with Gasteiger partial charge in [-0.2, -0.15) is 0 Å². The van der Waals surface area contributed by atoms with Crippen molar-refractivity contribution in [1.82, 2.24) is 0 Å². The molecule has 9 aromatic rings. The normalized spacial score (nSPS) is 13.5. The summed E-state index contributed by atoms with van der Waals surface area (Å²) in [7, 11) is 0. The average molecular weight is 618 g/mol. The van der Waals surface area contributed by atoms with Crippen LogP contribution >= 0.6 is 11.3 Å². The van der Waals surface area contributed by atoms with Crippen molar-refractivity contribution in [3.05, 3.63) is 163 Å². The fourth-order valence-corrected chi connectivity index (χ4v) is 9.33. The van der Waals surface area contributed by atoms with Crippen LogP contribution in [0.25, 0.3) is 63.6 Å². The van der Waals surface area contributed by atoms with E-state index in [0.29, 0.717) is 0 Å². The fraction of sp³-hybridized carbons (Fsp3) is 0.0667. The molecule has 0 amide bonds. The second-order valence-electron chi connectivity index (χ2n) is 13.4. The Morgan fingerprint density at radius 2 is 1.09 bits per heavy atom. The summed E-state index contributed by atoms with van der Waals surface area (Å²) < 4.78 is 2.70. The van der Waals surface area contributed by atoms with Gasteiger partial charge in [0.1, 0.15) is 0 Å². The minimum atomic E-state index is -0.0320. The van der Waals surface area contributed by atoms with Gasteiger partial charge in [-0.05, 0) is 91.6 Å². The number of fused-ring (bicyclic) bond motifs is 11. The molecule has 0 unspecified atom stereocenters. The molecule has 0 aliphatic heterocycles. The Bertz CT molecular complexity index is 2730. The summed E-state index contributed by atoms with van der Waals surface area (Å²) in [5.74, 6) is 0. The zero-order valence-electron chi connectivity index (χ0n) is 26.3. The minimum absolute atomic E-state index is 0.0320. The molecule has 10 rings (SSSR count). The number of anilines is 3. The molecule has 0 radical (unpaired) electrons. The lowest BCUT2D eigenvalue weighted by Crippen LogP contribution is -2.15. The van der Waals surface area contributed by atoms with Gasteiger partial charge in [-0.1, -0.05) is 123 Å². The van der Waals surface area contributed by atoms with Crippen LogP contribution in [0.1, 0.15) is 25.0 Å². The van der Waals surface area contributed by atoms with E-state index in [9.17, 15) is 0 Å².